The molecule has 5 nitrogen and oxygen atoms in total. The van der Waals surface area contributed by atoms with Gasteiger partial charge in [-0.05, 0) is 36.8 Å². The Balaban J connectivity index is 2.08. The first-order chi connectivity index (χ1) is 9.72. The van der Waals surface area contributed by atoms with Crippen molar-refractivity contribution in [2.45, 2.75) is 13.5 Å². The lowest BCUT2D eigenvalue weighted by Crippen LogP contribution is -2.12. The highest BCUT2D eigenvalue weighted by Crippen LogP contribution is 2.13. The minimum Gasteiger partial charge on any atom is -0.392 e. The van der Waals surface area contributed by atoms with Crippen molar-refractivity contribution < 1.29 is 9.90 Å². The Bertz CT molecular complexity index is 582. The van der Waals surface area contributed by atoms with E-state index >= 15 is 0 Å². The Morgan fingerprint density at radius 3 is 2.65 bits per heavy atom. The van der Waals surface area contributed by atoms with Crippen LogP contribution in [0.4, 0.5) is 11.5 Å². The van der Waals surface area contributed by atoms with Crippen molar-refractivity contribution in [3.63, 3.8) is 0 Å². The Hall–Kier alpha value is -2.40. The summed E-state index contributed by atoms with van der Waals surface area (Å²) >= 11 is 0. The fraction of sp³-hybridized carbons (Fsp3) is 0.200. The van der Waals surface area contributed by atoms with E-state index in [1.54, 1.807) is 42.6 Å². The van der Waals surface area contributed by atoms with Gasteiger partial charge < -0.3 is 15.7 Å². The van der Waals surface area contributed by atoms with Gasteiger partial charge in [0.2, 0.25) is 0 Å². The van der Waals surface area contributed by atoms with Crippen LogP contribution in [0.3, 0.4) is 0 Å². The Kier molecular flexibility index (Phi) is 4.68. The molecule has 0 saturated heterocycles. The predicted octanol–water partition coefficient (Wildman–Crippen LogP) is 2.26. The summed E-state index contributed by atoms with van der Waals surface area (Å²) in [5.74, 6) is 0.485. The molecule has 5 heteroatoms. The van der Waals surface area contributed by atoms with Crippen molar-refractivity contribution in [2.75, 3.05) is 17.2 Å². The summed E-state index contributed by atoms with van der Waals surface area (Å²) in [6, 6.07) is 10.4. The van der Waals surface area contributed by atoms with Crippen LogP contribution >= 0.6 is 0 Å². The largest absolute Gasteiger partial charge is 0.392 e. The van der Waals surface area contributed by atoms with Gasteiger partial charge in [-0.3, -0.25) is 4.79 Å². The zero-order valence-electron chi connectivity index (χ0n) is 11.3. The minimum atomic E-state index is -0.191. The van der Waals surface area contributed by atoms with Gasteiger partial charge in [0.1, 0.15) is 5.82 Å². The molecule has 0 atom stereocenters. The summed E-state index contributed by atoms with van der Waals surface area (Å²) in [5.41, 5.74) is 2.04. The number of nitrogens with zero attached hydrogens (tertiary/aromatic N) is 1. The van der Waals surface area contributed by atoms with Gasteiger partial charge in [-0.15, -0.1) is 0 Å². The molecule has 0 bridgehead atoms. The number of carbonyl (C=O) groups is 1. The van der Waals surface area contributed by atoms with E-state index in [0.29, 0.717) is 17.1 Å². The van der Waals surface area contributed by atoms with E-state index in [1.165, 1.54) is 0 Å². The molecule has 0 fully saturated rings. The van der Waals surface area contributed by atoms with Crippen LogP contribution in [0.2, 0.25) is 0 Å². The van der Waals surface area contributed by atoms with Crippen molar-refractivity contribution in [1.82, 2.24) is 4.98 Å². The summed E-state index contributed by atoms with van der Waals surface area (Å²) in [7, 11) is 0. The number of amides is 1. The molecule has 0 unspecified atom stereocenters. The van der Waals surface area contributed by atoms with Crippen LogP contribution in [-0.4, -0.2) is 22.5 Å². The number of pyridine rings is 1. The zero-order chi connectivity index (χ0) is 14.4. The van der Waals surface area contributed by atoms with Gasteiger partial charge in [-0.25, -0.2) is 4.98 Å². The maximum absolute atomic E-state index is 12.1. The Morgan fingerprint density at radius 2 is 2.00 bits per heavy atom. The molecular formula is C15H17N3O2. The van der Waals surface area contributed by atoms with Crippen LogP contribution in [0.1, 0.15) is 22.8 Å². The first-order valence-electron chi connectivity index (χ1n) is 6.44. The number of hydrogen-bond donors (Lipinski definition) is 3. The third-order valence-electron chi connectivity index (χ3n) is 2.77. The molecule has 2 aromatic rings. The van der Waals surface area contributed by atoms with Crippen LogP contribution < -0.4 is 10.6 Å². The molecule has 3 N–H and O–H groups in total. The third-order valence-corrected chi connectivity index (χ3v) is 2.77. The average Bonchev–Trinajstić information content (AvgIpc) is 2.48. The molecule has 0 aliphatic rings. The van der Waals surface area contributed by atoms with Crippen molar-refractivity contribution in [1.29, 1.82) is 0 Å². The molecule has 1 amide bonds. The molecule has 0 radical (unpaired) electrons. The van der Waals surface area contributed by atoms with Crippen LogP contribution in [0.25, 0.3) is 0 Å². The highest BCUT2D eigenvalue weighted by molar-refractivity contribution is 6.04. The van der Waals surface area contributed by atoms with Gasteiger partial charge in [0, 0.05) is 24.0 Å². The zero-order valence-corrected chi connectivity index (χ0v) is 11.3. The third kappa shape index (κ3) is 3.55. The molecule has 2 rings (SSSR count). The van der Waals surface area contributed by atoms with E-state index in [1.807, 2.05) is 6.92 Å². The number of aliphatic hydroxyl groups is 1. The van der Waals surface area contributed by atoms with Crippen molar-refractivity contribution in [2.24, 2.45) is 0 Å². The van der Waals surface area contributed by atoms with Gasteiger partial charge in [0.15, 0.2) is 0 Å². The normalized spacial score (nSPS) is 10.1. The molecule has 0 aliphatic carbocycles. The Morgan fingerprint density at radius 1 is 1.25 bits per heavy atom. The monoisotopic (exact) mass is 271 g/mol. The van der Waals surface area contributed by atoms with Crippen molar-refractivity contribution in [3.05, 3.63) is 53.7 Å². The summed E-state index contributed by atoms with van der Waals surface area (Å²) < 4.78 is 0. The summed E-state index contributed by atoms with van der Waals surface area (Å²) in [4.78, 5) is 16.2. The van der Waals surface area contributed by atoms with E-state index in [4.69, 9.17) is 5.11 Å². The highest BCUT2D eigenvalue weighted by Gasteiger charge is 2.07. The number of aliphatic hydroxyl groups excluding tert-OH is 1. The molecule has 0 spiro atoms. The van der Waals surface area contributed by atoms with Crippen LogP contribution in [0, 0.1) is 0 Å². The molecule has 1 aromatic heterocycles. The van der Waals surface area contributed by atoms with Gasteiger partial charge in [-0.1, -0.05) is 12.1 Å². The molecule has 20 heavy (non-hydrogen) atoms. The topological polar surface area (TPSA) is 74.2 Å². The second kappa shape index (κ2) is 6.68. The van der Waals surface area contributed by atoms with E-state index in [-0.39, 0.29) is 12.5 Å². The van der Waals surface area contributed by atoms with Crippen LogP contribution in [0.5, 0.6) is 0 Å². The number of nitrogens with one attached hydrogen (secondary N) is 2. The molecule has 0 saturated carbocycles. The van der Waals surface area contributed by atoms with E-state index in [2.05, 4.69) is 15.6 Å². The van der Waals surface area contributed by atoms with Gasteiger partial charge in [0.25, 0.3) is 5.91 Å². The standard InChI is InChI=1S/C15H17N3O2/c1-2-16-14-9-12(7-8-17-14)15(20)18-13-5-3-11(10-19)4-6-13/h3-9,19H,2,10H2,1H3,(H,16,17)(H,18,20). The molecule has 1 heterocycles. The van der Waals surface area contributed by atoms with E-state index < -0.39 is 0 Å². The van der Waals surface area contributed by atoms with E-state index in [9.17, 15) is 4.79 Å². The van der Waals surface area contributed by atoms with Gasteiger partial charge in [-0.2, -0.15) is 0 Å². The van der Waals surface area contributed by atoms with Crippen LogP contribution in [0.15, 0.2) is 42.6 Å². The number of rotatable bonds is 5. The summed E-state index contributed by atoms with van der Waals surface area (Å²) in [5, 5.41) is 14.8. The smallest absolute Gasteiger partial charge is 0.255 e. The maximum atomic E-state index is 12.1. The second-order valence-electron chi connectivity index (χ2n) is 4.27. The summed E-state index contributed by atoms with van der Waals surface area (Å²) in [6.45, 7) is 2.71. The van der Waals surface area contributed by atoms with Crippen molar-refractivity contribution in [3.8, 4) is 0 Å². The lowest BCUT2D eigenvalue weighted by molar-refractivity contribution is 0.102. The number of hydrogen-bond acceptors (Lipinski definition) is 4. The van der Waals surface area contributed by atoms with Gasteiger partial charge >= 0.3 is 0 Å². The fourth-order valence-corrected chi connectivity index (χ4v) is 1.75. The molecule has 0 aliphatic heterocycles. The van der Waals surface area contributed by atoms with E-state index in [0.717, 1.165) is 12.1 Å². The first-order valence-corrected chi connectivity index (χ1v) is 6.44. The highest BCUT2D eigenvalue weighted by atomic mass is 16.3. The average molecular weight is 271 g/mol. The number of aromatic nitrogens is 1. The minimum absolute atomic E-state index is 0.00930. The quantitative estimate of drug-likeness (QED) is 0.779. The molecule has 1 aromatic carbocycles. The lowest BCUT2D eigenvalue weighted by atomic mass is 10.2. The molecule has 104 valence electrons. The first kappa shape index (κ1) is 14.0. The van der Waals surface area contributed by atoms with Gasteiger partial charge in [0.05, 0.1) is 6.61 Å². The van der Waals surface area contributed by atoms with Crippen molar-refractivity contribution >= 4 is 17.4 Å². The number of anilines is 2. The second-order valence-corrected chi connectivity index (χ2v) is 4.27. The number of benzene rings is 1. The lowest BCUT2D eigenvalue weighted by Gasteiger charge is -2.07. The van der Waals surface area contributed by atoms with Crippen LogP contribution in [-0.2, 0) is 6.61 Å². The molecular weight excluding hydrogens is 254 g/mol. The Labute approximate surface area is 117 Å². The maximum Gasteiger partial charge on any atom is 0.255 e. The SMILES string of the molecule is CCNc1cc(C(=O)Nc2ccc(CO)cc2)ccn1. The summed E-state index contributed by atoms with van der Waals surface area (Å²) in [6.07, 6.45) is 1.60. The number of carbonyl (C=O) groups excluding carboxylic acids is 1. The predicted molar refractivity (Wildman–Crippen MR) is 78.7 cm³/mol. The fourth-order valence-electron chi connectivity index (χ4n) is 1.75.